The van der Waals surface area contributed by atoms with E-state index >= 15 is 0 Å². The zero-order valence-electron chi connectivity index (χ0n) is 19.9. The van der Waals surface area contributed by atoms with Crippen LogP contribution in [-0.4, -0.2) is 64.8 Å². The van der Waals surface area contributed by atoms with Crippen molar-refractivity contribution in [3.63, 3.8) is 0 Å². The fraction of sp³-hybridized carbons (Fsp3) is 0.333. The molecule has 1 amide bonds. The van der Waals surface area contributed by atoms with E-state index in [1.165, 1.54) is 39.4 Å². The molecule has 2 aromatic carbocycles. The molecule has 10 heteroatoms. The molecule has 34 heavy (non-hydrogen) atoms. The number of hydrogen-bond acceptors (Lipinski definition) is 8. The first-order valence-electron chi connectivity index (χ1n) is 10.3. The molecule has 1 heterocycles. The zero-order chi connectivity index (χ0) is 25.0. The van der Waals surface area contributed by atoms with Gasteiger partial charge in [-0.25, -0.2) is 4.79 Å². The van der Waals surface area contributed by atoms with Crippen LogP contribution in [0.3, 0.4) is 0 Å². The fourth-order valence-electron chi connectivity index (χ4n) is 3.47. The van der Waals surface area contributed by atoms with Crippen LogP contribution in [0.15, 0.2) is 44.4 Å². The minimum atomic E-state index is -0.744. The molecule has 9 nitrogen and oxygen atoms in total. The smallest absolute Gasteiger partial charge is 0.391 e. The summed E-state index contributed by atoms with van der Waals surface area (Å²) in [4.78, 5) is 27.2. The third-order valence-electron chi connectivity index (χ3n) is 5.37. The predicted octanol–water partition coefficient (Wildman–Crippen LogP) is 2.28. The fourth-order valence-corrected chi connectivity index (χ4v) is 4.97. The van der Waals surface area contributed by atoms with Gasteiger partial charge in [-0.2, -0.15) is 0 Å². The van der Waals surface area contributed by atoms with E-state index in [4.69, 9.17) is 23.4 Å². The molecule has 3 rings (SSSR count). The predicted molar refractivity (Wildman–Crippen MR) is 128 cm³/mol. The normalized spacial score (nSPS) is 11.7. The second-order valence-corrected chi connectivity index (χ2v) is 9.48. The van der Waals surface area contributed by atoms with Crippen molar-refractivity contribution >= 4 is 27.8 Å². The Morgan fingerprint density at radius 3 is 2.24 bits per heavy atom. The molecule has 1 aromatic heterocycles. The monoisotopic (exact) mass is 489 g/mol. The van der Waals surface area contributed by atoms with Gasteiger partial charge in [-0.3, -0.25) is 4.79 Å². The van der Waals surface area contributed by atoms with Crippen LogP contribution >= 0.6 is 0 Å². The summed E-state index contributed by atoms with van der Waals surface area (Å²) in [6.07, 6.45) is 1.79. The Morgan fingerprint density at radius 2 is 1.68 bits per heavy atom. The maximum Gasteiger partial charge on any atom is 0.391 e. The van der Waals surface area contributed by atoms with Gasteiger partial charge < -0.3 is 33.4 Å². The van der Waals surface area contributed by atoms with Crippen molar-refractivity contribution in [2.45, 2.75) is 4.90 Å². The molecule has 1 unspecified atom stereocenters. The lowest BCUT2D eigenvalue weighted by atomic mass is 10.1. The lowest BCUT2D eigenvalue weighted by molar-refractivity contribution is -0.270. The molecule has 0 bridgehead atoms. The summed E-state index contributed by atoms with van der Waals surface area (Å²) in [5.74, 6) is 1.40. The number of carbonyl (C=O) groups is 1. The van der Waals surface area contributed by atoms with Gasteiger partial charge in [0.1, 0.15) is 23.3 Å². The number of ether oxygens (including phenoxy) is 4. The van der Waals surface area contributed by atoms with Crippen LogP contribution < -0.4 is 29.7 Å². The topological polar surface area (TPSA) is 111 Å². The highest BCUT2D eigenvalue weighted by atomic mass is 32.2. The third-order valence-corrected chi connectivity index (χ3v) is 7.21. The molecule has 0 saturated carbocycles. The van der Waals surface area contributed by atoms with Gasteiger partial charge in [0.15, 0.2) is 11.5 Å². The van der Waals surface area contributed by atoms with Crippen molar-refractivity contribution in [3.05, 3.63) is 46.3 Å². The van der Waals surface area contributed by atoms with Gasteiger partial charge >= 0.3 is 5.63 Å². The second kappa shape index (κ2) is 10.6. The minimum absolute atomic E-state index is 0.0892. The first-order valence-corrected chi connectivity index (χ1v) is 12.1. The molecule has 3 aromatic rings. The highest BCUT2D eigenvalue weighted by Crippen LogP contribution is 2.38. The van der Waals surface area contributed by atoms with Crippen molar-refractivity contribution in [1.29, 1.82) is 0 Å². The highest BCUT2D eigenvalue weighted by Gasteiger charge is 2.26. The number of fused-ring (bicyclic) bond motifs is 1. The van der Waals surface area contributed by atoms with Crippen molar-refractivity contribution in [2.24, 2.45) is 0 Å². The van der Waals surface area contributed by atoms with Crippen LogP contribution in [-0.2, 0) is 10.9 Å². The third kappa shape index (κ3) is 4.86. The van der Waals surface area contributed by atoms with Gasteiger partial charge in [0.05, 0.1) is 35.0 Å². The Hall–Kier alpha value is -3.53. The summed E-state index contributed by atoms with van der Waals surface area (Å²) in [6, 6.07) is 7.90. The van der Waals surface area contributed by atoms with E-state index in [1.54, 1.807) is 37.6 Å². The van der Waals surface area contributed by atoms with E-state index in [2.05, 4.69) is 0 Å². The summed E-state index contributed by atoms with van der Waals surface area (Å²) in [6.45, 7) is 0.314. The SMILES string of the molecule is COc1ccc2c([O-])c([S+](C)CCN(C)C(=O)c3cc(OC)c(OC)c(OC)c3)c(=O)oc2c1. The second-order valence-electron chi connectivity index (χ2n) is 7.39. The number of amides is 1. The molecule has 182 valence electrons. The molecule has 0 aliphatic heterocycles. The van der Waals surface area contributed by atoms with Crippen LogP contribution in [0.2, 0.25) is 0 Å². The largest absolute Gasteiger partial charge is 0.868 e. The van der Waals surface area contributed by atoms with Gasteiger partial charge in [-0.05, 0) is 30.0 Å². The maximum atomic E-state index is 13.0. The van der Waals surface area contributed by atoms with Crippen molar-refractivity contribution < 1.29 is 33.3 Å². The van der Waals surface area contributed by atoms with E-state index in [1.807, 2.05) is 0 Å². The number of benzene rings is 2. The lowest BCUT2D eigenvalue weighted by Gasteiger charge is -2.19. The molecule has 0 aliphatic rings. The molecule has 0 N–H and O–H groups in total. The summed E-state index contributed by atoms with van der Waals surface area (Å²) in [7, 11) is 6.83. The summed E-state index contributed by atoms with van der Waals surface area (Å²) in [5.41, 5.74) is -0.128. The summed E-state index contributed by atoms with van der Waals surface area (Å²) < 4.78 is 26.4. The Labute approximate surface area is 200 Å². The van der Waals surface area contributed by atoms with Crippen molar-refractivity contribution in [3.8, 4) is 28.7 Å². The van der Waals surface area contributed by atoms with E-state index in [0.29, 0.717) is 46.2 Å². The molecule has 0 radical (unpaired) electrons. The van der Waals surface area contributed by atoms with Crippen molar-refractivity contribution in [2.75, 3.05) is 54.0 Å². The number of carbonyl (C=O) groups excluding carboxylic acids is 1. The van der Waals surface area contributed by atoms with E-state index in [0.717, 1.165) is 0 Å². The lowest BCUT2D eigenvalue weighted by Crippen LogP contribution is -2.32. The average Bonchev–Trinajstić information content (AvgIpc) is 2.85. The molecule has 0 saturated heterocycles. The Balaban J connectivity index is 1.80. The molecular formula is C24H27NO8S. The van der Waals surface area contributed by atoms with E-state index in [9.17, 15) is 14.7 Å². The highest BCUT2D eigenvalue weighted by molar-refractivity contribution is 7.96. The quantitative estimate of drug-likeness (QED) is 0.333. The van der Waals surface area contributed by atoms with E-state index in [-0.39, 0.29) is 22.1 Å². The van der Waals surface area contributed by atoms with Gasteiger partial charge in [0.25, 0.3) is 5.91 Å². The summed E-state index contributed by atoms with van der Waals surface area (Å²) in [5, 5.41) is 13.3. The number of nitrogens with zero attached hydrogens (tertiary/aromatic N) is 1. The first-order chi connectivity index (χ1) is 16.2. The molecule has 0 aliphatic carbocycles. The average molecular weight is 490 g/mol. The van der Waals surface area contributed by atoms with Gasteiger partial charge in [-0.15, -0.1) is 0 Å². The van der Waals surface area contributed by atoms with Crippen LogP contribution in [0.4, 0.5) is 0 Å². The van der Waals surface area contributed by atoms with Gasteiger partial charge in [-0.1, -0.05) is 0 Å². The molecular weight excluding hydrogens is 462 g/mol. The number of hydrogen-bond donors (Lipinski definition) is 0. The molecule has 1 atom stereocenters. The standard InChI is InChI=1S/C24H27NO8S/c1-25(23(27)14-11-18(30-3)21(32-5)19(12-14)31-4)9-10-34(6)22-20(26)16-8-7-15(29-2)13-17(16)33-24(22)28/h7-8,11-13H,9-10H2,1-6H3. The van der Waals surface area contributed by atoms with Gasteiger partial charge in [0, 0.05) is 35.0 Å². The van der Waals surface area contributed by atoms with Crippen LogP contribution in [0.25, 0.3) is 11.0 Å². The summed E-state index contributed by atoms with van der Waals surface area (Å²) >= 11 is 0. The maximum absolute atomic E-state index is 13.0. The zero-order valence-corrected chi connectivity index (χ0v) is 20.7. The van der Waals surface area contributed by atoms with E-state index < -0.39 is 16.5 Å². The Morgan fingerprint density at radius 1 is 1.03 bits per heavy atom. The molecule has 0 spiro atoms. The van der Waals surface area contributed by atoms with Crippen molar-refractivity contribution in [1.82, 2.24) is 4.90 Å². The Kier molecular flexibility index (Phi) is 7.83. The minimum Gasteiger partial charge on any atom is -0.868 e. The van der Waals surface area contributed by atoms with Crippen LogP contribution in [0.1, 0.15) is 10.4 Å². The van der Waals surface area contributed by atoms with Crippen LogP contribution in [0.5, 0.6) is 28.7 Å². The number of rotatable bonds is 9. The first kappa shape index (κ1) is 25.1. The number of methoxy groups -OCH3 is 4. The van der Waals surface area contributed by atoms with Gasteiger partial charge in [0.2, 0.25) is 10.6 Å². The van der Waals surface area contributed by atoms with Crippen LogP contribution in [0, 0.1) is 0 Å². The molecule has 0 fully saturated rings. The Bertz CT molecular complexity index is 1230.